The topological polar surface area (TPSA) is 60.5 Å². The number of benzene rings is 2. The van der Waals surface area contributed by atoms with Crippen LogP contribution in [0.4, 0.5) is 5.13 Å². The molecule has 6 heteroatoms. The summed E-state index contributed by atoms with van der Waals surface area (Å²) in [6.45, 7) is 3.92. The van der Waals surface area contributed by atoms with Crippen LogP contribution in [0.15, 0.2) is 47.8 Å². The standard InChI is InChI=1S/C20H20N2O3S/c1-13-8-9-17(14(2)10-13)25-11-19(23)22-20-21-16(12-26-20)15-6-4-5-7-18(15)24-3/h4-10,12H,11H2,1-3H3,(H,21,22,23). The Morgan fingerprint density at radius 1 is 1.15 bits per heavy atom. The van der Waals surface area contributed by atoms with Crippen molar-refractivity contribution in [2.45, 2.75) is 13.8 Å². The summed E-state index contributed by atoms with van der Waals surface area (Å²) in [6.07, 6.45) is 0. The molecular weight excluding hydrogens is 348 g/mol. The quantitative estimate of drug-likeness (QED) is 0.698. The first kappa shape index (κ1) is 17.9. The molecule has 134 valence electrons. The molecule has 3 aromatic rings. The van der Waals surface area contributed by atoms with Gasteiger partial charge in [-0.05, 0) is 37.6 Å². The predicted molar refractivity (Wildman–Crippen MR) is 104 cm³/mol. The first-order valence-electron chi connectivity index (χ1n) is 8.15. The normalized spacial score (nSPS) is 10.4. The van der Waals surface area contributed by atoms with Gasteiger partial charge in [0.2, 0.25) is 0 Å². The van der Waals surface area contributed by atoms with Crippen LogP contribution < -0.4 is 14.8 Å². The highest BCUT2D eigenvalue weighted by Crippen LogP contribution is 2.31. The number of aromatic nitrogens is 1. The minimum Gasteiger partial charge on any atom is -0.496 e. The smallest absolute Gasteiger partial charge is 0.264 e. The van der Waals surface area contributed by atoms with Crippen LogP contribution in [0.1, 0.15) is 11.1 Å². The number of nitrogens with one attached hydrogen (secondary N) is 1. The van der Waals surface area contributed by atoms with Crippen LogP contribution in [0.2, 0.25) is 0 Å². The predicted octanol–water partition coefficient (Wildman–Crippen LogP) is 4.45. The van der Waals surface area contributed by atoms with Crippen molar-refractivity contribution in [1.82, 2.24) is 4.98 Å². The molecule has 0 atom stereocenters. The number of methoxy groups -OCH3 is 1. The van der Waals surface area contributed by atoms with Gasteiger partial charge in [0, 0.05) is 10.9 Å². The van der Waals surface area contributed by atoms with E-state index in [1.54, 1.807) is 7.11 Å². The number of nitrogens with zero attached hydrogens (tertiary/aromatic N) is 1. The average molecular weight is 368 g/mol. The third-order valence-electron chi connectivity index (χ3n) is 3.82. The van der Waals surface area contributed by atoms with Gasteiger partial charge >= 0.3 is 0 Å². The molecule has 0 bridgehead atoms. The van der Waals surface area contributed by atoms with E-state index in [1.165, 1.54) is 11.3 Å². The number of anilines is 1. The Balaban J connectivity index is 1.62. The van der Waals surface area contributed by atoms with E-state index < -0.39 is 0 Å². The fourth-order valence-electron chi connectivity index (χ4n) is 2.57. The summed E-state index contributed by atoms with van der Waals surface area (Å²) in [5.74, 6) is 1.21. The van der Waals surface area contributed by atoms with Crippen LogP contribution in [0.5, 0.6) is 11.5 Å². The molecule has 3 rings (SSSR count). The van der Waals surface area contributed by atoms with Gasteiger partial charge in [-0.2, -0.15) is 0 Å². The summed E-state index contributed by atoms with van der Waals surface area (Å²) < 4.78 is 11.0. The van der Waals surface area contributed by atoms with Gasteiger partial charge in [-0.3, -0.25) is 10.1 Å². The molecule has 2 aromatic carbocycles. The summed E-state index contributed by atoms with van der Waals surface area (Å²) in [5.41, 5.74) is 3.81. The van der Waals surface area contributed by atoms with E-state index in [4.69, 9.17) is 9.47 Å². The fourth-order valence-corrected chi connectivity index (χ4v) is 3.30. The minimum atomic E-state index is -0.245. The maximum Gasteiger partial charge on any atom is 0.264 e. The minimum absolute atomic E-state index is 0.0620. The van der Waals surface area contributed by atoms with Gasteiger partial charge in [-0.1, -0.05) is 29.8 Å². The fraction of sp³-hybridized carbons (Fsp3) is 0.200. The molecule has 0 aliphatic rings. The summed E-state index contributed by atoms with van der Waals surface area (Å²) in [6, 6.07) is 13.5. The second-order valence-electron chi connectivity index (χ2n) is 5.84. The van der Waals surface area contributed by atoms with Crippen molar-refractivity contribution in [2.24, 2.45) is 0 Å². The number of carbonyl (C=O) groups excluding carboxylic acids is 1. The molecule has 0 saturated carbocycles. The van der Waals surface area contributed by atoms with Gasteiger partial charge in [0.1, 0.15) is 11.5 Å². The number of ether oxygens (including phenoxy) is 2. The average Bonchev–Trinajstić information content (AvgIpc) is 3.09. The van der Waals surface area contributed by atoms with E-state index in [9.17, 15) is 4.79 Å². The number of rotatable bonds is 6. The molecule has 0 unspecified atom stereocenters. The lowest BCUT2D eigenvalue weighted by Gasteiger charge is -2.09. The highest BCUT2D eigenvalue weighted by Gasteiger charge is 2.12. The maximum absolute atomic E-state index is 12.1. The van der Waals surface area contributed by atoms with Crippen molar-refractivity contribution in [2.75, 3.05) is 19.0 Å². The Morgan fingerprint density at radius 3 is 2.73 bits per heavy atom. The first-order chi connectivity index (χ1) is 12.6. The monoisotopic (exact) mass is 368 g/mol. The van der Waals surface area contributed by atoms with Crippen LogP contribution in [0.25, 0.3) is 11.3 Å². The molecule has 0 aliphatic carbocycles. The lowest BCUT2D eigenvalue weighted by Crippen LogP contribution is -2.20. The van der Waals surface area contributed by atoms with E-state index in [-0.39, 0.29) is 12.5 Å². The number of carbonyl (C=O) groups is 1. The van der Waals surface area contributed by atoms with Crippen LogP contribution in [0.3, 0.4) is 0 Å². The molecule has 1 amide bonds. The van der Waals surface area contributed by atoms with Gasteiger partial charge < -0.3 is 9.47 Å². The zero-order chi connectivity index (χ0) is 18.5. The Labute approximate surface area is 156 Å². The van der Waals surface area contributed by atoms with Crippen LogP contribution >= 0.6 is 11.3 Å². The van der Waals surface area contributed by atoms with Gasteiger partial charge in [0.25, 0.3) is 5.91 Å². The highest BCUT2D eigenvalue weighted by atomic mass is 32.1. The molecule has 5 nitrogen and oxygen atoms in total. The van der Waals surface area contributed by atoms with Crippen molar-refractivity contribution in [1.29, 1.82) is 0 Å². The summed E-state index contributed by atoms with van der Waals surface area (Å²) >= 11 is 1.36. The number of aryl methyl sites for hydroxylation is 2. The SMILES string of the molecule is COc1ccccc1-c1csc(NC(=O)COc2ccc(C)cc2C)n1. The molecule has 0 radical (unpaired) electrons. The summed E-state index contributed by atoms with van der Waals surface area (Å²) in [5, 5.41) is 5.19. The Kier molecular flexibility index (Phi) is 5.53. The third-order valence-corrected chi connectivity index (χ3v) is 4.58. The van der Waals surface area contributed by atoms with E-state index in [0.717, 1.165) is 28.1 Å². The number of thiazole rings is 1. The first-order valence-corrected chi connectivity index (χ1v) is 9.03. The van der Waals surface area contributed by atoms with Crippen molar-refractivity contribution >= 4 is 22.4 Å². The largest absolute Gasteiger partial charge is 0.496 e. The van der Waals surface area contributed by atoms with E-state index in [1.807, 2.05) is 61.7 Å². The number of hydrogen-bond donors (Lipinski definition) is 1. The van der Waals surface area contributed by atoms with Crippen molar-refractivity contribution in [3.8, 4) is 22.8 Å². The summed E-state index contributed by atoms with van der Waals surface area (Å²) in [4.78, 5) is 16.6. The van der Waals surface area contributed by atoms with Crippen molar-refractivity contribution in [3.05, 3.63) is 59.0 Å². The van der Waals surface area contributed by atoms with Crippen LogP contribution in [-0.2, 0) is 4.79 Å². The number of amides is 1. The van der Waals surface area contributed by atoms with Crippen LogP contribution in [-0.4, -0.2) is 24.6 Å². The van der Waals surface area contributed by atoms with Gasteiger partial charge in [0.15, 0.2) is 11.7 Å². The molecule has 1 N–H and O–H groups in total. The van der Waals surface area contributed by atoms with Crippen molar-refractivity contribution < 1.29 is 14.3 Å². The molecule has 26 heavy (non-hydrogen) atoms. The summed E-state index contributed by atoms with van der Waals surface area (Å²) in [7, 11) is 1.62. The van der Waals surface area contributed by atoms with Gasteiger partial charge in [-0.15, -0.1) is 11.3 Å². The molecule has 0 aliphatic heterocycles. The molecule has 1 aromatic heterocycles. The zero-order valence-corrected chi connectivity index (χ0v) is 15.7. The van der Waals surface area contributed by atoms with Crippen LogP contribution in [0, 0.1) is 13.8 Å². The van der Waals surface area contributed by atoms with Gasteiger partial charge in [-0.25, -0.2) is 4.98 Å². The second-order valence-corrected chi connectivity index (χ2v) is 6.70. The van der Waals surface area contributed by atoms with E-state index >= 15 is 0 Å². The zero-order valence-electron chi connectivity index (χ0n) is 14.9. The van der Waals surface area contributed by atoms with E-state index in [0.29, 0.717) is 10.9 Å². The second kappa shape index (κ2) is 8.01. The van der Waals surface area contributed by atoms with Gasteiger partial charge in [0.05, 0.1) is 12.8 Å². The Hall–Kier alpha value is -2.86. The molecule has 0 saturated heterocycles. The van der Waals surface area contributed by atoms with Crippen molar-refractivity contribution in [3.63, 3.8) is 0 Å². The molecule has 0 spiro atoms. The molecular formula is C20H20N2O3S. The third kappa shape index (κ3) is 4.21. The van der Waals surface area contributed by atoms with E-state index in [2.05, 4.69) is 10.3 Å². The lowest BCUT2D eigenvalue weighted by molar-refractivity contribution is -0.118. The lowest BCUT2D eigenvalue weighted by atomic mass is 10.1. The molecule has 1 heterocycles. The number of para-hydroxylation sites is 1. The maximum atomic E-state index is 12.1. The highest BCUT2D eigenvalue weighted by molar-refractivity contribution is 7.14. The molecule has 0 fully saturated rings. The Bertz CT molecular complexity index is 921. The Morgan fingerprint density at radius 2 is 1.96 bits per heavy atom. The number of hydrogen-bond acceptors (Lipinski definition) is 5.